The van der Waals surface area contributed by atoms with Crippen molar-refractivity contribution in [3.05, 3.63) is 64.8 Å². The molecule has 0 fully saturated rings. The summed E-state index contributed by atoms with van der Waals surface area (Å²) in [4.78, 5) is 27.6. The van der Waals surface area contributed by atoms with E-state index in [1.54, 1.807) is 37.3 Å². The summed E-state index contributed by atoms with van der Waals surface area (Å²) in [6.07, 6.45) is 0. The maximum absolute atomic E-state index is 12.3. The summed E-state index contributed by atoms with van der Waals surface area (Å²) < 4.78 is 5.09. The molecule has 0 unspecified atom stereocenters. The van der Waals surface area contributed by atoms with Crippen LogP contribution in [0.2, 0.25) is 5.02 Å². The molecule has 0 aliphatic heterocycles. The van der Waals surface area contributed by atoms with Crippen molar-refractivity contribution in [2.45, 2.75) is 6.92 Å². The van der Waals surface area contributed by atoms with Gasteiger partial charge in [0.05, 0.1) is 18.8 Å². The zero-order valence-electron chi connectivity index (χ0n) is 13.6. The topological polar surface area (TPSA) is 71.2 Å². The molecule has 2 N–H and O–H groups in total. The van der Waals surface area contributed by atoms with Crippen molar-refractivity contribution in [3.63, 3.8) is 0 Å². The molecule has 3 rings (SSSR count). The number of H-pyrrole nitrogens is 1. The highest BCUT2D eigenvalue weighted by Gasteiger charge is 2.20. The van der Waals surface area contributed by atoms with Crippen LogP contribution < -0.4 is 5.32 Å². The second-order valence-electron chi connectivity index (χ2n) is 5.43. The first-order chi connectivity index (χ1) is 12.1. The Hall–Kier alpha value is -2.79. The van der Waals surface area contributed by atoms with Crippen LogP contribution in [0.25, 0.3) is 10.9 Å². The maximum atomic E-state index is 12.3. The molecule has 0 aliphatic carbocycles. The summed E-state index contributed by atoms with van der Waals surface area (Å²) >= 11 is 6.02. The highest BCUT2D eigenvalue weighted by atomic mass is 35.5. The zero-order chi connectivity index (χ0) is 17.8. The van der Waals surface area contributed by atoms with E-state index in [4.69, 9.17) is 16.3 Å². The number of aromatic nitrogens is 1. The van der Waals surface area contributed by atoms with E-state index < -0.39 is 5.97 Å². The molecule has 0 radical (unpaired) electrons. The predicted molar refractivity (Wildman–Crippen MR) is 98.5 cm³/mol. The molecule has 0 saturated carbocycles. The summed E-state index contributed by atoms with van der Waals surface area (Å²) in [6.45, 7) is 2.06. The molecule has 3 aromatic rings. The average Bonchev–Trinajstić information content (AvgIpc) is 2.98. The van der Waals surface area contributed by atoms with E-state index in [1.165, 1.54) is 0 Å². The van der Waals surface area contributed by atoms with Crippen LogP contribution >= 0.6 is 11.6 Å². The SMILES string of the molecule is CCOC(=O)c1[nH]c2cc(Cl)ccc2c1NCC(=O)c1ccccc1. The Bertz CT molecular complexity index is 919. The van der Waals surface area contributed by atoms with Crippen molar-refractivity contribution in [3.8, 4) is 0 Å². The van der Waals surface area contributed by atoms with Crippen LogP contribution in [-0.2, 0) is 4.74 Å². The van der Waals surface area contributed by atoms with Gasteiger partial charge < -0.3 is 15.0 Å². The normalized spacial score (nSPS) is 10.6. The number of rotatable bonds is 6. The van der Waals surface area contributed by atoms with Gasteiger partial charge in [-0.2, -0.15) is 0 Å². The monoisotopic (exact) mass is 356 g/mol. The van der Waals surface area contributed by atoms with E-state index in [2.05, 4.69) is 10.3 Å². The lowest BCUT2D eigenvalue weighted by atomic mass is 10.1. The molecule has 6 heteroatoms. The van der Waals surface area contributed by atoms with Crippen molar-refractivity contribution in [2.75, 3.05) is 18.5 Å². The molecule has 5 nitrogen and oxygen atoms in total. The number of halogens is 1. The molecule has 1 heterocycles. The lowest BCUT2D eigenvalue weighted by Crippen LogP contribution is -2.16. The largest absolute Gasteiger partial charge is 0.461 e. The predicted octanol–water partition coefficient (Wildman–Crippen LogP) is 4.29. The molecule has 0 saturated heterocycles. The number of benzene rings is 2. The van der Waals surface area contributed by atoms with Crippen molar-refractivity contribution >= 4 is 39.9 Å². The molecule has 0 bridgehead atoms. The van der Waals surface area contributed by atoms with Crippen LogP contribution in [0.15, 0.2) is 48.5 Å². The fraction of sp³-hybridized carbons (Fsp3) is 0.158. The lowest BCUT2D eigenvalue weighted by molar-refractivity contribution is 0.0521. The fourth-order valence-corrected chi connectivity index (χ4v) is 2.78. The highest BCUT2D eigenvalue weighted by molar-refractivity contribution is 6.31. The lowest BCUT2D eigenvalue weighted by Gasteiger charge is -2.08. The van der Waals surface area contributed by atoms with Crippen LogP contribution in [0, 0.1) is 0 Å². The number of Topliss-reactive ketones (excluding diaryl/α,β-unsaturated/α-hetero) is 1. The maximum Gasteiger partial charge on any atom is 0.356 e. The quantitative estimate of drug-likeness (QED) is 0.510. The number of anilines is 1. The fourth-order valence-electron chi connectivity index (χ4n) is 2.60. The standard InChI is InChI=1S/C19H17ClN2O3/c1-2-25-19(24)18-17(14-9-8-13(20)10-15(14)22-18)21-11-16(23)12-6-4-3-5-7-12/h3-10,21-22H,2,11H2,1H3. The Balaban J connectivity index is 1.92. The third kappa shape index (κ3) is 3.67. The summed E-state index contributed by atoms with van der Waals surface area (Å²) in [5, 5.41) is 4.39. The first-order valence-electron chi connectivity index (χ1n) is 7.90. The van der Waals surface area contributed by atoms with Crippen molar-refractivity contribution in [2.24, 2.45) is 0 Å². The Morgan fingerprint density at radius 2 is 1.92 bits per heavy atom. The van der Waals surface area contributed by atoms with E-state index >= 15 is 0 Å². The minimum absolute atomic E-state index is 0.0615. The number of carbonyl (C=O) groups excluding carboxylic acids is 2. The van der Waals surface area contributed by atoms with Gasteiger partial charge in [0, 0.05) is 21.5 Å². The number of nitrogens with one attached hydrogen (secondary N) is 2. The highest BCUT2D eigenvalue weighted by Crippen LogP contribution is 2.30. The third-order valence-corrected chi connectivity index (χ3v) is 4.00. The number of ether oxygens (including phenoxy) is 1. The minimum Gasteiger partial charge on any atom is -0.461 e. The number of hydrogen-bond donors (Lipinski definition) is 2. The van der Waals surface area contributed by atoms with Crippen LogP contribution in [0.1, 0.15) is 27.8 Å². The molecule has 0 atom stereocenters. The molecular weight excluding hydrogens is 340 g/mol. The van der Waals surface area contributed by atoms with E-state index in [-0.39, 0.29) is 24.6 Å². The summed E-state index contributed by atoms with van der Waals surface area (Å²) in [5.74, 6) is -0.553. The molecule has 2 aromatic carbocycles. The van der Waals surface area contributed by atoms with Gasteiger partial charge >= 0.3 is 5.97 Å². The smallest absolute Gasteiger partial charge is 0.356 e. The van der Waals surface area contributed by atoms with Crippen LogP contribution in [-0.4, -0.2) is 29.9 Å². The van der Waals surface area contributed by atoms with Gasteiger partial charge in [0.25, 0.3) is 0 Å². The number of aromatic amines is 1. The number of hydrogen-bond acceptors (Lipinski definition) is 4. The Morgan fingerprint density at radius 1 is 1.16 bits per heavy atom. The van der Waals surface area contributed by atoms with Crippen molar-refractivity contribution in [1.82, 2.24) is 4.98 Å². The average molecular weight is 357 g/mol. The van der Waals surface area contributed by atoms with E-state index in [0.29, 0.717) is 21.8 Å². The number of fused-ring (bicyclic) bond motifs is 1. The minimum atomic E-state index is -0.482. The van der Waals surface area contributed by atoms with Crippen LogP contribution in [0.3, 0.4) is 0 Å². The molecule has 1 aromatic heterocycles. The molecule has 0 aliphatic rings. The van der Waals surface area contributed by atoms with Gasteiger partial charge in [0.15, 0.2) is 5.78 Å². The van der Waals surface area contributed by atoms with Crippen molar-refractivity contribution in [1.29, 1.82) is 0 Å². The van der Waals surface area contributed by atoms with E-state index in [0.717, 1.165) is 5.39 Å². The summed E-state index contributed by atoms with van der Waals surface area (Å²) in [7, 11) is 0. The number of carbonyl (C=O) groups is 2. The van der Waals surface area contributed by atoms with Gasteiger partial charge in [-0.05, 0) is 25.1 Å². The zero-order valence-corrected chi connectivity index (χ0v) is 14.4. The Kier molecular flexibility index (Phi) is 5.05. The van der Waals surface area contributed by atoms with Gasteiger partial charge in [0.1, 0.15) is 5.69 Å². The second-order valence-corrected chi connectivity index (χ2v) is 5.86. The Morgan fingerprint density at radius 3 is 2.64 bits per heavy atom. The first kappa shape index (κ1) is 17.0. The number of esters is 1. The van der Waals surface area contributed by atoms with E-state index in [1.807, 2.05) is 18.2 Å². The van der Waals surface area contributed by atoms with Crippen LogP contribution in [0.5, 0.6) is 0 Å². The molecule has 0 spiro atoms. The summed E-state index contributed by atoms with van der Waals surface area (Å²) in [6, 6.07) is 14.2. The van der Waals surface area contributed by atoms with Crippen LogP contribution in [0.4, 0.5) is 5.69 Å². The third-order valence-electron chi connectivity index (χ3n) is 3.76. The van der Waals surface area contributed by atoms with Gasteiger partial charge in [0.2, 0.25) is 0 Å². The summed E-state index contributed by atoms with van der Waals surface area (Å²) in [5.41, 5.74) is 2.12. The second kappa shape index (κ2) is 7.40. The van der Waals surface area contributed by atoms with Gasteiger partial charge in [-0.15, -0.1) is 0 Å². The van der Waals surface area contributed by atoms with E-state index in [9.17, 15) is 9.59 Å². The first-order valence-corrected chi connectivity index (χ1v) is 8.28. The Labute approximate surface area is 149 Å². The van der Waals surface area contributed by atoms with Gasteiger partial charge in [-0.3, -0.25) is 4.79 Å². The molecule has 25 heavy (non-hydrogen) atoms. The van der Waals surface area contributed by atoms with Crippen molar-refractivity contribution < 1.29 is 14.3 Å². The van der Waals surface area contributed by atoms with Gasteiger partial charge in [-0.1, -0.05) is 41.9 Å². The number of ketones is 1. The molecular formula is C19H17ClN2O3. The molecule has 128 valence electrons. The molecule has 0 amide bonds. The van der Waals surface area contributed by atoms with Gasteiger partial charge in [-0.25, -0.2) is 4.79 Å².